The van der Waals surface area contributed by atoms with Gasteiger partial charge in [0, 0.05) is 12.3 Å². The van der Waals surface area contributed by atoms with Crippen molar-refractivity contribution in [1.29, 1.82) is 0 Å². The predicted molar refractivity (Wildman–Crippen MR) is 69.8 cm³/mol. The van der Waals surface area contributed by atoms with Crippen LogP contribution in [0.1, 0.15) is 13.3 Å². The van der Waals surface area contributed by atoms with Gasteiger partial charge in [0.25, 0.3) is 0 Å². The predicted octanol–water partition coefficient (Wildman–Crippen LogP) is 1.81. The number of ether oxygens (including phenoxy) is 2. The molecule has 1 unspecified atom stereocenters. The van der Waals surface area contributed by atoms with Gasteiger partial charge in [0.2, 0.25) is 0 Å². The quantitative estimate of drug-likeness (QED) is 0.598. The first kappa shape index (κ1) is 14.0. The summed E-state index contributed by atoms with van der Waals surface area (Å²) < 4.78 is 22.4. The highest BCUT2D eigenvalue weighted by atomic mass is 32.2. The van der Waals surface area contributed by atoms with E-state index in [0.29, 0.717) is 35.3 Å². The largest absolute Gasteiger partial charge is 0.497 e. The summed E-state index contributed by atoms with van der Waals surface area (Å²) in [6, 6.07) is 5.17. The molecule has 0 radical (unpaired) electrons. The molecule has 0 aliphatic rings. The Morgan fingerprint density at radius 1 is 1.35 bits per heavy atom. The van der Waals surface area contributed by atoms with Crippen LogP contribution in [0.3, 0.4) is 0 Å². The van der Waals surface area contributed by atoms with E-state index in [0.717, 1.165) is 6.42 Å². The van der Waals surface area contributed by atoms with Crippen molar-refractivity contribution in [3.05, 3.63) is 18.2 Å². The number of nitrogen functional groups attached to an aromatic ring is 1. The van der Waals surface area contributed by atoms with Crippen LogP contribution in [0.5, 0.6) is 5.75 Å². The summed E-state index contributed by atoms with van der Waals surface area (Å²) >= 11 is 0. The van der Waals surface area contributed by atoms with Gasteiger partial charge in [-0.1, -0.05) is 6.92 Å². The molecule has 0 aromatic heterocycles. The lowest BCUT2D eigenvalue weighted by atomic mass is 10.3. The maximum absolute atomic E-state index is 12.0. The van der Waals surface area contributed by atoms with Gasteiger partial charge in [-0.3, -0.25) is 4.21 Å². The van der Waals surface area contributed by atoms with Gasteiger partial charge in [-0.05, 0) is 24.6 Å². The molecule has 5 heteroatoms. The summed E-state index contributed by atoms with van der Waals surface area (Å²) in [5.74, 6) is 1.12. The fourth-order valence-corrected chi connectivity index (χ4v) is 2.40. The standard InChI is InChI=1S/C12H19NO3S/c1-3-6-16-7-8-17(14)12-9-10(15-2)4-5-11(12)13/h4-5,9H,3,6-8,13H2,1-2H3. The number of benzene rings is 1. The molecule has 1 atom stereocenters. The molecular formula is C12H19NO3S. The topological polar surface area (TPSA) is 61.5 Å². The van der Waals surface area contributed by atoms with E-state index >= 15 is 0 Å². The fraction of sp³-hybridized carbons (Fsp3) is 0.500. The number of rotatable bonds is 7. The zero-order valence-corrected chi connectivity index (χ0v) is 11.1. The summed E-state index contributed by atoms with van der Waals surface area (Å²) in [6.07, 6.45) is 0.966. The molecular weight excluding hydrogens is 238 g/mol. The van der Waals surface area contributed by atoms with Crippen LogP contribution >= 0.6 is 0 Å². The summed E-state index contributed by atoms with van der Waals surface area (Å²) in [4.78, 5) is 0.615. The Hall–Kier alpha value is -1.07. The van der Waals surface area contributed by atoms with Crippen molar-refractivity contribution in [2.45, 2.75) is 18.2 Å². The first-order chi connectivity index (χ1) is 8.19. The molecule has 1 rings (SSSR count). The van der Waals surface area contributed by atoms with Crippen molar-refractivity contribution < 1.29 is 13.7 Å². The fourth-order valence-electron chi connectivity index (χ4n) is 1.33. The number of hydrogen-bond acceptors (Lipinski definition) is 4. The van der Waals surface area contributed by atoms with Gasteiger partial charge in [0.05, 0.1) is 35.2 Å². The average molecular weight is 257 g/mol. The van der Waals surface area contributed by atoms with Crippen molar-refractivity contribution in [2.75, 3.05) is 31.8 Å². The average Bonchev–Trinajstić information content (AvgIpc) is 2.35. The van der Waals surface area contributed by atoms with E-state index in [1.54, 1.807) is 25.3 Å². The van der Waals surface area contributed by atoms with Crippen molar-refractivity contribution in [3.8, 4) is 5.75 Å². The zero-order valence-electron chi connectivity index (χ0n) is 10.3. The second-order valence-corrected chi connectivity index (χ2v) is 5.10. The van der Waals surface area contributed by atoms with Gasteiger partial charge in [0.1, 0.15) is 5.75 Å². The maximum Gasteiger partial charge on any atom is 0.120 e. The van der Waals surface area contributed by atoms with Crippen molar-refractivity contribution in [2.24, 2.45) is 0 Å². The van der Waals surface area contributed by atoms with Gasteiger partial charge < -0.3 is 15.2 Å². The number of nitrogens with two attached hydrogens (primary N) is 1. The minimum absolute atomic E-state index is 0.456. The Labute approximate surface area is 105 Å². The summed E-state index contributed by atoms with van der Waals surface area (Å²) in [7, 11) is 0.432. The lowest BCUT2D eigenvalue weighted by molar-refractivity contribution is 0.150. The molecule has 1 aromatic rings. The zero-order chi connectivity index (χ0) is 12.7. The Balaban J connectivity index is 2.61. The molecule has 1 aromatic carbocycles. The highest BCUT2D eigenvalue weighted by Crippen LogP contribution is 2.22. The lowest BCUT2D eigenvalue weighted by Gasteiger charge is -2.08. The smallest absolute Gasteiger partial charge is 0.120 e. The SMILES string of the molecule is CCCOCCS(=O)c1cc(OC)ccc1N. The van der Waals surface area contributed by atoms with Crippen LogP contribution in [0.2, 0.25) is 0 Å². The lowest BCUT2D eigenvalue weighted by Crippen LogP contribution is -2.08. The van der Waals surface area contributed by atoms with Crippen LogP contribution in [-0.4, -0.2) is 30.3 Å². The van der Waals surface area contributed by atoms with Crippen LogP contribution in [0.25, 0.3) is 0 Å². The van der Waals surface area contributed by atoms with E-state index in [1.807, 2.05) is 6.92 Å². The maximum atomic E-state index is 12.0. The minimum Gasteiger partial charge on any atom is -0.497 e. The molecule has 17 heavy (non-hydrogen) atoms. The highest BCUT2D eigenvalue weighted by molar-refractivity contribution is 7.85. The molecule has 0 aliphatic carbocycles. The Morgan fingerprint density at radius 3 is 2.76 bits per heavy atom. The third kappa shape index (κ3) is 4.36. The van der Waals surface area contributed by atoms with Crippen LogP contribution in [-0.2, 0) is 15.5 Å². The molecule has 0 aliphatic heterocycles. The molecule has 96 valence electrons. The summed E-state index contributed by atoms with van der Waals surface area (Å²) in [6.45, 7) is 3.22. The molecule has 4 nitrogen and oxygen atoms in total. The Morgan fingerprint density at radius 2 is 2.12 bits per heavy atom. The molecule has 0 heterocycles. The summed E-state index contributed by atoms with van der Waals surface area (Å²) in [5.41, 5.74) is 6.31. The molecule has 0 bridgehead atoms. The first-order valence-electron chi connectivity index (χ1n) is 5.58. The number of hydrogen-bond donors (Lipinski definition) is 1. The van der Waals surface area contributed by atoms with Crippen LogP contribution in [0, 0.1) is 0 Å². The highest BCUT2D eigenvalue weighted by Gasteiger charge is 2.09. The third-order valence-corrected chi connectivity index (χ3v) is 3.61. The second-order valence-electron chi connectivity index (χ2n) is 3.57. The van der Waals surface area contributed by atoms with Crippen LogP contribution < -0.4 is 10.5 Å². The first-order valence-corrected chi connectivity index (χ1v) is 6.90. The number of anilines is 1. The van der Waals surface area contributed by atoms with E-state index in [2.05, 4.69) is 0 Å². The number of methoxy groups -OCH3 is 1. The van der Waals surface area contributed by atoms with Gasteiger partial charge >= 0.3 is 0 Å². The van der Waals surface area contributed by atoms with Gasteiger partial charge in [-0.25, -0.2) is 0 Å². The molecule has 0 fully saturated rings. The molecule has 0 spiro atoms. The van der Waals surface area contributed by atoms with Gasteiger partial charge in [-0.2, -0.15) is 0 Å². The van der Waals surface area contributed by atoms with E-state index < -0.39 is 10.8 Å². The molecule has 0 saturated heterocycles. The molecule has 0 amide bonds. The molecule has 0 saturated carbocycles. The van der Waals surface area contributed by atoms with Crippen LogP contribution in [0.4, 0.5) is 5.69 Å². The Kier molecular flexibility index (Phi) is 6.00. The van der Waals surface area contributed by atoms with E-state index in [4.69, 9.17) is 15.2 Å². The minimum atomic E-state index is -1.14. The normalized spacial score (nSPS) is 12.4. The Bertz CT molecular complexity index is 382. The van der Waals surface area contributed by atoms with Gasteiger partial charge in [-0.15, -0.1) is 0 Å². The van der Waals surface area contributed by atoms with E-state index in [1.165, 1.54) is 0 Å². The second kappa shape index (κ2) is 7.29. The summed E-state index contributed by atoms with van der Waals surface area (Å²) in [5, 5.41) is 0. The monoisotopic (exact) mass is 257 g/mol. The molecule has 2 N–H and O–H groups in total. The van der Waals surface area contributed by atoms with Gasteiger partial charge in [0.15, 0.2) is 0 Å². The van der Waals surface area contributed by atoms with Crippen LogP contribution in [0.15, 0.2) is 23.1 Å². The van der Waals surface area contributed by atoms with E-state index in [-0.39, 0.29) is 0 Å². The van der Waals surface area contributed by atoms with Crippen molar-refractivity contribution >= 4 is 16.5 Å². The third-order valence-electron chi connectivity index (χ3n) is 2.23. The van der Waals surface area contributed by atoms with Crippen molar-refractivity contribution in [3.63, 3.8) is 0 Å². The van der Waals surface area contributed by atoms with E-state index in [9.17, 15) is 4.21 Å². The van der Waals surface area contributed by atoms with Crippen molar-refractivity contribution in [1.82, 2.24) is 0 Å².